The molecule has 0 radical (unpaired) electrons. The molecule has 0 fully saturated rings. The summed E-state index contributed by atoms with van der Waals surface area (Å²) in [4.78, 5) is 37.7. The standard InChI is InChI=1S/C20H40N4O3/c1-13(2)18(25)21-9-11-24(12-10-22-19(26)14(3)4)17(8)16(7)23-20(27)15(5)6/h13-17H,9-12H2,1-8H3,(H,21,25)(H,22,26)(H,23,27). The molecule has 2 unspecified atom stereocenters. The Hall–Kier alpha value is -1.63. The van der Waals surface area contributed by atoms with Crippen LogP contribution in [0.3, 0.4) is 0 Å². The van der Waals surface area contributed by atoms with Gasteiger partial charge in [0.15, 0.2) is 0 Å². The molecule has 7 nitrogen and oxygen atoms in total. The number of nitrogens with zero attached hydrogens (tertiary/aromatic N) is 1. The van der Waals surface area contributed by atoms with Crippen LogP contribution in [0.25, 0.3) is 0 Å². The molecule has 158 valence electrons. The fourth-order valence-corrected chi connectivity index (χ4v) is 2.40. The van der Waals surface area contributed by atoms with Gasteiger partial charge in [-0.15, -0.1) is 0 Å². The van der Waals surface area contributed by atoms with E-state index in [0.717, 1.165) is 0 Å². The highest BCUT2D eigenvalue weighted by Crippen LogP contribution is 2.06. The average molecular weight is 385 g/mol. The van der Waals surface area contributed by atoms with Crippen molar-refractivity contribution >= 4 is 17.7 Å². The van der Waals surface area contributed by atoms with E-state index in [1.165, 1.54) is 0 Å². The lowest BCUT2D eigenvalue weighted by atomic mass is 10.1. The lowest BCUT2D eigenvalue weighted by molar-refractivity contribution is -0.125. The van der Waals surface area contributed by atoms with E-state index in [0.29, 0.717) is 26.2 Å². The second kappa shape index (κ2) is 12.7. The van der Waals surface area contributed by atoms with E-state index in [-0.39, 0.29) is 47.6 Å². The van der Waals surface area contributed by atoms with Crippen LogP contribution in [0.2, 0.25) is 0 Å². The minimum Gasteiger partial charge on any atom is -0.355 e. The van der Waals surface area contributed by atoms with Gasteiger partial charge in [-0.05, 0) is 13.8 Å². The van der Waals surface area contributed by atoms with E-state index >= 15 is 0 Å². The maximum Gasteiger partial charge on any atom is 0.222 e. The van der Waals surface area contributed by atoms with Gasteiger partial charge < -0.3 is 16.0 Å². The van der Waals surface area contributed by atoms with Crippen molar-refractivity contribution in [2.24, 2.45) is 17.8 Å². The predicted molar refractivity (Wildman–Crippen MR) is 109 cm³/mol. The Morgan fingerprint density at radius 2 is 1.04 bits per heavy atom. The summed E-state index contributed by atoms with van der Waals surface area (Å²) in [5.41, 5.74) is 0. The van der Waals surface area contributed by atoms with Crippen molar-refractivity contribution in [2.75, 3.05) is 26.2 Å². The number of hydrogen-bond donors (Lipinski definition) is 3. The molecular weight excluding hydrogens is 344 g/mol. The average Bonchev–Trinajstić information content (AvgIpc) is 2.58. The van der Waals surface area contributed by atoms with E-state index in [2.05, 4.69) is 27.8 Å². The van der Waals surface area contributed by atoms with Gasteiger partial charge in [0.1, 0.15) is 0 Å². The molecule has 2 atom stereocenters. The fourth-order valence-electron chi connectivity index (χ4n) is 2.40. The molecule has 0 aromatic heterocycles. The molecule has 0 aromatic rings. The molecule has 0 rings (SSSR count). The lowest BCUT2D eigenvalue weighted by Gasteiger charge is -2.34. The number of carbonyl (C=O) groups excluding carboxylic acids is 3. The first-order chi connectivity index (χ1) is 12.5. The van der Waals surface area contributed by atoms with Crippen LogP contribution < -0.4 is 16.0 Å². The normalized spacial score (nSPS) is 13.8. The Balaban J connectivity index is 4.79. The summed E-state index contributed by atoms with van der Waals surface area (Å²) in [5, 5.41) is 8.89. The summed E-state index contributed by atoms with van der Waals surface area (Å²) < 4.78 is 0. The van der Waals surface area contributed by atoms with Gasteiger partial charge in [0, 0.05) is 56.0 Å². The van der Waals surface area contributed by atoms with Crippen molar-refractivity contribution in [1.82, 2.24) is 20.9 Å². The first-order valence-corrected chi connectivity index (χ1v) is 10.1. The second-order valence-electron chi connectivity index (χ2n) is 8.12. The maximum atomic E-state index is 12.0. The van der Waals surface area contributed by atoms with Gasteiger partial charge in [-0.3, -0.25) is 19.3 Å². The Labute approximate surface area is 165 Å². The number of amides is 3. The fraction of sp³-hybridized carbons (Fsp3) is 0.850. The monoisotopic (exact) mass is 384 g/mol. The molecule has 27 heavy (non-hydrogen) atoms. The molecule has 0 heterocycles. The van der Waals surface area contributed by atoms with Gasteiger partial charge in [-0.1, -0.05) is 41.5 Å². The molecule has 0 saturated heterocycles. The molecule has 3 amide bonds. The number of nitrogens with one attached hydrogen (secondary N) is 3. The van der Waals surface area contributed by atoms with Gasteiger partial charge in [-0.25, -0.2) is 0 Å². The highest BCUT2D eigenvalue weighted by Gasteiger charge is 2.22. The zero-order chi connectivity index (χ0) is 21.1. The summed E-state index contributed by atoms with van der Waals surface area (Å²) in [6, 6.07) is 0.0288. The van der Waals surface area contributed by atoms with Crippen molar-refractivity contribution < 1.29 is 14.4 Å². The molecule has 0 aromatic carbocycles. The molecule has 0 aliphatic carbocycles. The molecule has 0 saturated carbocycles. The van der Waals surface area contributed by atoms with Gasteiger partial charge in [0.05, 0.1) is 0 Å². The Morgan fingerprint density at radius 3 is 1.37 bits per heavy atom. The maximum absolute atomic E-state index is 12.0. The zero-order valence-corrected chi connectivity index (χ0v) is 18.4. The third-order valence-corrected chi connectivity index (χ3v) is 4.64. The minimum atomic E-state index is -0.0660. The molecule has 0 aliphatic heterocycles. The Bertz CT molecular complexity index is 452. The van der Waals surface area contributed by atoms with Crippen LogP contribution in [-0.2, 0) is 14.4 Å². The number of hydrogen-bond acceptors (Lipinski definition) is 4. The summed E-state index contributed by atoms with van der Waals surface area (Å²) >= 11 is 0. The Morgan fingerprint density at radius 1 is 0.667 bits per heavy atom. The van der Waals surface area contributed by atoms with Crippen LogP contribution in [0.1, 0.15) is 55.4 Å². The smallest absolute Gasteiger partial charge is 0.222 e. The largest absolute Gasteiger partial charge is 0.355 e. The van der Waals surface area contributed by atoms with Crippen molar-refractivity contribution in [3.8, 4) is 0 Å². The van der Waals surface area contributed by atoms with Crippen LogP contribution >= 0.6 is 0 Å². The molecule has 0 aliphatic rings. The van der Waals surface area contributed by atoms with Crippen LogP contribution in [0.15, 0.2) is 0 Å². The summed E-state index contributed by atoms with van der Waals surface area (Å²) in [6.07, 6.45) is 0. The van der Waals surface area contributed by atoms with E-state index in [9.17, 15) is 14.4 Å². The second-order valence-corrected chi connectivity index (χ2v) is 8.12. The van der Waals surface area contributed by atoms with Crippen LogP contribution in [0.4, 0.5) is 0 Å². The summed E-state index contributed by atoms with van der Waals surface area (Å²) in [6.45, 7) is 17.6. The SMILES string of the molecule is CC(C)C(=O)NCCN(CCNC(=O)C(C)C)C(C)C(C)NC(=O)C(C)C. The number of carbonyl (C=O) groups is 3. The van der Waals surface area contributed by atoms with Gasteiger partial charge >= 0.3 is 0 Å². The zero-order valence-electron chi connectivity index (χ0n) is 18.4. The summed E-state index contributed by atoms with van der Waals surface area (Å²) in [5.74, 6) is -0.0936. The van der Waals surface area contributed by atoms with Crippen LogP contribution in [0.5, 0.6) is 0 Å². The third kappa shape index (κ3) is 10.3. The summed E-state index contributed by atoms with van der Waals surface area (Å²) in [7, 11) is 0. The first-order valence-electron chi connectivity index (χ1n) is 10.1. The van der Waals surface area contributed by atoms with E-state index < -0.39 is 0 Å². The van der Waals surface area contributed by atoms with Crippen molar-refractivity contribution in [3.05, 3.63) is 0 Å². The Kier molecular flexibility index (Phi) is 11.9. The molecular formula is C20H40N4O3. The van der Waals surface area contributed by atoms with E-state index in [1.807, 2.05) is 48.5 Å². The van der Waals surface area contributed by atoms with Gasteiger partial charge in [0.25, 0.3) is 0 Å². The van der Waals surface area contributed by atoms with Crippen LogP contribution in [-0.4, -0.2) is 60.9 Å². The van der Waals surface area contributed by atoms with Gasteiger partial charge in [-0.2, -0.15) is 0 Å². The highest BCUT2D eigenvalue weighted by molar-refractivity contribution is 5.78. The van der Waals surface area contributed by atoms with Crippen molar-refractivity contribution in [1.29, 1.82) is 0 Å². The molecule has 0 spiro atoms. The number of rotatable bonds is 12. The van der Waals surface area contributed by atoms with Crippen LogP contribution in [0, 0.1) is 17.8 Å². The molecule has 7 heteroatoms. The topological polar surface area (TPSA) is 90.5 Å². The quantitative estimate of drug-likeness (QED) is 0.474. The third-order valence-electron chi connectivity index (χ3n) is 4.64. The lowest BCUT2D eigenvalue weighted by Crippen LogP contribution is -2.53. The minimum absolute atomic E-state index is 0.0236. The highest BCUT2D eigenvalue weighted by atomic mass is 16.2. The molecule has 0 bridgehead atoms. The first kappa shape index (κ1) is 25.4. The van der Waals surface area contributed by atoms with E-state index in [1.54, 1.807) is 0 Å². The predicted octanol–water partition coefficient (Wildman–Crippen LogP) is 1.38. The van der Waals surface area contributed by atoms with Crippen molar-refractivity contribution in [3.63, 3.8) is 0 Å². The van der Waals surface area contributed by atoms with Crippen molar-refractivity contribution in [2.45, 2.75) is 67.5 Å². The van der Waals surface area contributed by atoms with E-state index in [4.69, 9.17) is 0 Å². The van der Waals surface area contributed by atoms with Gasteiger partial charge in [0.2, 0.25) is 17.7 Å². The molecule has 3 N–H and O–H groups in total.